The van der Waals surface area contributed by atoms with Gasteiger partial charge in [-0.3, -0.25) is 4.79 Å². The maximum Gasteiger partial charge on any atom is 0.223 e. The quantitative estimate of drug-likeness (QED) is 0.762. The lowest BCUT2D eigenvalue weighted by Gasteiger charge is -2.28. The molecule has 0 aromatic heterocycles. The summed E-state index contributed by atoms with van der Waals surface area (Å²) in [5.74, 6) is 0.379. The molecule has 2 rings (SSSR count). The lowest BCUT2D eigenvalue weighted by atomic mass is 9.86. The second-order valence-corrected chi connectivity index (χ2v) is 6.16. The molecule has 4 heteroatoms. The van der Waals surface area contributed by atoms with Crippen molar-refractivity contribution in [3.05, 3.63) is 29.3 Å². The van der Waals surface area contributed by atoms with Crippen LogP contribution in [-0.4, -0.2) is 5.91 Å². The third kappa shape index (κ3) is 4.64. The molecule has 0 aliphatic heterocycles. The molecule has 2 unspecified atom stereocenters. The molecule has 22 heavy (non-hydrogen) atoms. The molecule has 0 heterocycles. The average Bonchev–Trinajstić information content (AvgIpc) is 2.48. The second kappa shape index (κ2) is 9.04. The zero-order valence-electron chi connectivity index (χ0n) is 13.7. The second-order valence-electron chi connectivity index (χ2n) is 6.16. The summed E-state index contributed by atoms with van der Waals surface area (Å²) in [5, 5.41) is 3.27. The van der Waals surface area contributed by atoms with Crippen LogP contribution in [0.3, 0.4) is 0 Å². The summed E-state index contributed by atoms with van der Waals surface area (Å²) in [7, 11) is 0. The molecule has 1 aliphatic carbocycles. The number of hydrogen-bond acceptors (Lipinski definition) is 2. The number of rotatable bonds is 6. The van der Waals surface area contributed by atoms with Crippen molar-refractivity contribution in [1.29, 1.82) is 0 Å². The van der Waals surface area contributed by atoms with Gasteiger partial charge in [-0.2, -0.15) is 0 Å². The average molecular weight is 325 g/mol. The number of carbonyl (C=O) groups excluding carboxylic acids is 1. The van der Waals surface area contributed by atoms with Crippen molar-refractivity contribution in [2.24, 2.45) is 5.92 Å². The van der Waals surface area contributed by atoms with Crippen molar-refractivity contribution in [1.82, 2.24) is 5.32 Å². The molecule has 0 bridgehead atoms. The van der Waals surface area contributed by atoms with Gasteiger partial charge >= 0.3 is 0 Å². The number of aryl methyl sites for hydroxylation is 1. The first-order valence-corrected chi connectivity index (χ1v) is 8.34. The van der Waals surface area contributed by atoms with Gasteiger partial charge in [-0.1, -0.05) is 32.8 Å². The Morgan fingerprint density at radius 1 is 1.41 bits per heavy atom. The van der Waals surface area contributed by atoms with E-state index in [9.17, 15) is 4.79 Å². The number of nitrogens with one attached hydrogen (secondary N) is 1. The summed E-state index contributed by atoms with van der Waals surface area (Å²) in [4.78, 5) is 12.5. The standard InChI is InChI=1S/C18H28N2O.ClH/c1-3-5-7-13(4-2)18(21)20-17-9-6-8-14-12-15(19)10-11-16(14)17;/h10-13,17H,3-9,19H2,1-2H3,(H,20,21);1H. The number of anilines is 1. The van der Waals surface area contributed by atoms with Gasteiger partial charge in [-0.05, 0) is 55.4 Å². The molecule has 0 fully saturated rings. The molecule has 3 N–H and O–H groups in total. The van der Waals surface area contributed by atoms with E-state index in [2.05, 4.69) is 31.3 Å². The molecule has 1 aliphatic rings. The van der Waals surface area contributed by atoms with E-state index >= 15 is 0 Å². The van der Waals surface area contributed by atoms with Crippen LogP contribution in [0, 0.1) is 5.92 Å². The molecule has 2 atom stereocenters. The first-order chi connectivity index (χ1) is 10.2. The van der Waals surface area contributed by atoms with Gasteiger partial charge in [-0.15, -0.1) is 12.4 Å². The number of amides is 1. The third-order valence-electron chi connectivity index (χ3n) is 4.57. The van der Waals surface area contributed by atoms with Crippen LogP contribution in [0.25, 0.3) is 0 Å². The maximum absolute atomic E-state index is 12.5. The van der Waals surface area contributed by atoms with Crippen LogP contribution in [0.4, 0.5) is 5.69 Å². The summed E-state index contributed by atoms with van der Waals surface area (Å²) in [6.07, 6.45) is 7.42. The molecule has 124 valence electrons. The van der Waals surface area contributed by atoms with Gasteiger partial charge < -0.3 is 11.1 Å². The molecule has 0 radical (unpaired) electrons. The lowest BCUT2D eigenvalue weighted by Crippen LogP contribution is -2.35. The van der Waals surface area contributed by atoms with Crippen LogP contribution < -0.4 is 11.1 Å². The van der Waals surface area contributed by atoms with E-state index in [1.807, 2.05) is 6.07 Å². The van der Waals surface area contributed by atoms with Gasteiger partial charge in [0.15, 0.2) is 0 Å². The van der Waals surface area contributed by atoms with Crippen LogP contribution >= 0.6 is 12.4 Å². The van der Waals surface area contributed by atoms with Crippen LogP contribution in [0.1, 0.15) is 69.5 Å². The van der Waals surface area contributed by atoms with E-state index in [0.29, 0.717) is 0 Å². The summed E-state index contributed by atoms with van der Waals surface area (Å²) in [5.41, 5.74) is 9.24. The smallest absolute Gasteiger partial charge is 0.223 e. The highest BCUT2D eigenvalue weighted by atomic mass is 35.5. The SMILES string of the molecule is CCCCC(CC)C(=O)NC1CCCc2cc(N)ccc21.Cl. The topological polar surface area (TPSA) is 55.1 Å². The predicted molar refractivity (Wildman–Crippen MR) is 95.2 cm³/mol. The van der Waals surface area contributed by atoms with Gasteiger partial charge in [0.25, 0.3) is 0 Å². The van der Waals surface area contributed by atoms with Gasteiger partial charge in [0.1, 0.15) is 0 Å². The Balaban J connectivity index is 0.00000242. The molecular formula is C18H29ClN2O. The Bertz CT molecular complexity index is 490. The van der Waals surface area contributed by atoms with E-state index in [1.54, 1.807) is 0 Å². The van der Waals surface area contributed by atoms with Gasteiger partial charge in [0.05, 0.1) is 6.04 Å². The third-order valence-corrected chi connectivity index (χ3v) is 4.57. The Hall–Kier alpha value is -1.22. The molecule has 1 aromatic carbocycles. The molecule has 0 saturated heterocycles. The number of benzene rings is 1. The van der Waals surface area contributed by atoms with E-state index < -0.39 is 0 Å². The van der Waals surface area contributed by atoms with Gasteiger partial charge in [0.2, 0.25) is 5.91 Å². The highest BCUT2D eigenvalue weighted by Gasteiger charge is 2.24. The van der Waals surface area contributed by atoms with Gasteiger partial charge in [0, 0.05) is 11.6 Å². The molecular weight excluding hydrogens is 296 g/mol. The largest absolute Gasteiger partial charge is 0.399 e. The maximum atomic E-state index is 12.5. The fourth-order valence-electron chi connectivity index (χ4n) is 3.24. The van der Waals surface area contributed by atoms with Crippen molar-refractivity contribution in [2.45, 2.75) is 64.8 Å². The number of unbranched alkanes of at least 4 members (excludes halogenated alkanes) is 1. The van der Waals surface area contributed by atoms with E-state index in [1.165, 1.54) is 11.1 Å². The Morgan fingerprint density at radius 3 is 2.86 bits per heavy atom. The summed E-state index contributed by atoms with van der Waals surface area (Å²) in [6.45, 7) is 4.28. The zero-order chi connectivity index (χ0) is 15.2. The lowest BCUT2D eigenvalue weighted by molar-refractivity contribution is -0.126. The first-order valence-electron chi connectivity index (χ1n) is 8.34. The van der Waals surface area contributed by atoms with Crippen molar-refractivity contribution < 1.29 is 4.79 Å². The Morgan fingerprint density at radius 2 is 2.18 bits per heavy atom. The molecule has 1 amide bonds. The fourth-order valence-corrected chi connectivity index (χ4v) is 3.24. The van der Waals surface area contributed by atoms with E-state index in [4.69, 9.17) is 5.73 Å². The normalized spacial score (nSPS) is 18.0. The molecule has 0 saturated carbocycles. The number of fused-ring (bicyclic) bond motifs is 1. The number of hydrogen-bond donors (Lipinski definition) is 2. The zero-order valence-corrected chi connectivity index (χ0v) is 14.5. The number of nitrogen functional groups attached to an aromatic ring is 1. The Kier molecular flexibility index (Phi) is 7.74. The molecule has 3 nitrogen and oxygen atoms in total. The van der Waals surface area contributed by atoms with Crippen LogP contribution in [0.2, 0.25) is 0 Å². The van der Waals surface area contributed by atoms with Crippen LogP contribution in [0.15, 0.2) is 18.2 Å². The van der Waals surface area contributed by atoms with Crippen LogP contribution in [0.5, 0.6) is 0 Å². The molecule has 0 spiro atoms. The monoisotopic (exact) mass is 324 g/mol. The van der Waals surface area contributed by atoms with E-state index in [-0.39, 0.29) is 30.3 Å². The van der Waals surface area contributed by atoms with Crippen LogP contribution in [-0.2, 0) is 11.2 Å². The number of carbonyl (C=O) groups is 1. The van der Waals surface area contributed by atoms with Crippen molar-refractivity contribution in [3.8, 4) is 0 Å². The minimum absolute atomic E-state index is 0. The predicted octanol–water partition coefficient (Wildman–Crippen LogP) is 4.40. The van der Waals surface area contributed by atoms with Crippen molar-refractivity contribution >= 4 is 24.0 Å². The highest BCUT2D eigenvalue weighted by Crippen LogP contribution is 2.31. The number of halogens is 1. The summed E-state index contributed by atoms with van der Waals surface area (Å²) < 4.78 is 0. The number of nitrogens with two attached hydrogens (primary N) is 1. The Labute approximate surface area is 140 Å². The summed E-state index contributed by atoms with van der Waals surface area (Å²) in [6, 6.07) is 6.25. The molecule has 1 aromatic rings. The van der Waals surface area contributed by atoms with E-state index in [0.717, 1.165) is 50.6 Å². The first kappa shape index (κ1) is 18.8. The fraction of sp³-hybridized carbons (Fsp3) is 0.611. The van der Waals surface area contributed by atoms with Crippen molar-refractivity contribution in [2.75, 3.05) is 5.73 Å². The minimum atomic E-state index is 0. The summed E-state index contributed by atoms with van der Waals surface area (Å²) >= 11 is 0. The van der Waals surface area contributed by atoms with Crippen molar-refractivity contribution in [3.63, 3.8) is 0 Å². The van der Waals surface area contributed by atoms with Gasteiger partial charge in [-0.25, -0.2) is 0 Å². The highest BCUT2D eigenvalue weighted by molar-refractivity contribution is 5.85. The minimum Gasteiger partial charge on any atom is -0.399 e.